The van der Waals surface area contributed by atoms with Gasteiger partial charge in [0.1, 0.15) is 0 Å². The molecule has 0 unspecified atom stereocenters. The van der Waals surface area contributed by atoms with E-state index in [9.17, 15) is 4.79 Å². The number of hydrogen-bond donors (Lipinski definition) is 1. The first kappa shape index (κ1) is 15.4. The van der Waals surface area contributed by atoms with Crippen LogP contribution in [0.3, 0.4) is 0 Å². The number of amides is 1. The standard InChI is InChI=1S/C18H20N4O/c1-13-7-16-10-22(11-17(16)8-14(13)2)12-18(23)21-20-9-15-3-5-19-6-4-15/h3-9H,10-12H2,1-2H3,(H,21,23)/b20-9-. The van der Waals surface area contributed by atoms with Crippen LogP contribution in [0.5, 0.6) is 0 Å². The molecule has 1 aliphatic heterocycles. The lowest BCUT2D eigenvalue weighted by atomic mass is 10.0. The van der Waals surface area contributed by atoms with Crippen molar-refractivity contribution in [3.05, 3.63) is 64.5 Å². The number of pyridine rings is 1. The summed E-state index contributed by atoms with van der Waals surface area (Å²) in [7, 11) is 0. The molecular formula is C18H20N4O. The summed E-state index contributed by atoms with van der Waals surface area (Å²) in [5.74, 6) is -0.100. The minimum Gasteiger partial charge on any atom is -0.286 e. The smallest absolute Gasteiger partial charge is 0.254 e. The van der Waals surface area contributed by atoms with Crippen molar-refractivity contribution in [1.29, 1.82) is 0 Å². The molecular weight excluding hydrogens is 288 g/mol. The number of hydrogen-bond acceptors (Lipinski definition) is 4. The highest BCUT2D eigenvalue weighted by Gasteiger charge is 2.21. The predicted molar refractivity (Wildman–Crippen MR) is 90.0 cm³/mol. The SMILES string of the molecule is Cc1cc2c(cc1C)CN(CC(=O)N/N=C\c1ccncc1)C2. The van der Waals surface area contributed by atoms with Crippen molar-refractivity contribution in [2.75, 3.05) is 6.54 Å². The number of carbonyl (C=O) groups excluding carboxylic acids is 1. The topological polar surface area (TPSA) is 57.6 Å². The van der Waals surface area contributed by atoms with Gasteiger partial charge in [0.05, 0.1) is 12.8 Å². The van der Waals surface area contributed by atoms with Gasteiger partial charge in [-0.15, -0.1) is 0 Å². The molecule has 0 atom stereocenters. The van der Waals surface area contributed by atoms with Gasteiger partial charge in [-0.1, -0.05) is 12.1 Å². The third kappa shape index (κ3) is 3.81. The number of nitrogens with zero attached hydrogens (tertiary/aromatic N) is 3. The van der Waals surface area contributed by atoms with Gasteiger partial charge in [0, 0.05) is 25.5 Å². The van der Waals surface area contributed by atoms with Gasteiger partial charge in [0.25, 0.3) is 5.91 Å². The quantitative estimate of drug-likeness (QED) is 0.695. The van der Waals surface area contributed by atoms with E-state index in [0.29, 0.717) is 6.54 Å². The molecule has 2 aromatic rings. The lowest BCUT2D eigenvalue weighted by Crippen LogP contribution is -2.32. The van der Waals surface area contributed by atoms with Gasteiger partial charge in [-0.3, -0.25) is 14.7 Å². The molecule has 23 heavy (non-hydrogen) atoms. The summed E-state index contributed by atoms with van der Waals surface area (Å²) in [6, 6.07) is 8.11. The second-order valence-corrected chi connectivity index (χ2v) is 5.92. The summed E-state index contributed by atoms with van der Waals surface area (Å²) in [6.07, 6.45) is 4.99. The van der Waals surface area contributed by atoms with Gasteiger partial charge in [-0.2, -0.15) is 5.10 Å². The summed E-state index contributed by atoms with van der Waals surface area (Å²) in [5, 5.41) is 3.98. The first-order valence-electron chi connectivity index (χ1n) is 7.65. The maximum Gasteiger partial charge on any atom is 0.254 e. The van der Waals surface area contributed by atoms with Gasteiger partial charge in [0.2, 0.25) is 0 Å². The molecule has 0 fully saturated rings. The van der Waals surface area contributed by atoms with Crippen molar-refractivity contribution in [3.8, 4) is 0 Å². The summed E-state index contributed by atoms with van der Waals surface area (Å²) < 4.78 is 0. The van der Waals surface area contributed by atoms with E-state index in [-0.39, 0.29) is 5.91 Å². The first-order chi connectivity index (χ1) is 11.1. The van der Waals surface area contributed by atoms with Crippen LogP contribution in [-0.2, 0) is 17.9 Å². The Morgan fingerprint density at radius 1 is 1.22 bits per heavy atom. The summed E-state index contributed by atoms with van der Waals surface area (Å²) in [5.41, 5.74) is 8.73. The Kier molecular flexibility index (Phi) is 4.48. The van der Waals surface area contributed by atoms with Crippen LogP contribution in [0.4, 0.5) is 0 Å². The van der Waals surface area contributed by atoms with E-state index in [1.807, 2.05) is 12.1 Å². The van der Waals surface area contributed by atoms with Crippen molar-refractivity contribution in [2.45, 2.75) is 26.9 Å². The molecule has 1 aromatic heterocycles. The number of fused-ring (bicyclic) bond motifs is 1. The fourth-order valence-electron chi connectivity index (χ4n) is 2.75. The third-order valence-electron chi connectivity index (χ3n) is 4.08. The van der Waals surface area contributed by atoms with Crippen molar-refractivity contribution in [3.63, 3.8) is 0 Å². The Morgan fingerprint density at radius 2 is 1.83 bits per heavy atom. The Morgan fingerprint density at radius 3 is 2.43 bits per heavy atom. The van der Waals surface area contributed by atoms with Crippen LogP contribution in [-0.4, -0.2) is 28.6 Å². The van der Waals surface area contributed by atoms with E-state index >= 15 is 0 Å². The largest absolute Gasteiger partial charge is 0.286 e. The minimum atomic E-state index is -0.100. The molecule has 1 aliphatic rings. The fourth-order valence-corrected chi connectivity index (χ4v) is 2.75. The number of rotatable bonds is 4. The lowest BCUT2D eigenvalue weighted by molar-refractivity contribution is -0.122. The van der Waals surface area contributed by atoms with E-state index in [1.54, 1.807) is 18.6 Å². The number of hydrazone groups is 1. The van der Waals surface area contributed by atoms with Gasteiger partial charge in [0.15, 0.2) is 0 Å². The predicted octanol–water partition coefficient (Wildman–Crippen LogP) is 2.16. The summed E-state index contributed by atoms with van der Waals surface area (Å²) in [6.45, 7) is 6.23. The normalized spacial score (nSPS) is 14.2. The van der Waals surface area contributed by atoms with Crippen molar-refractivity contribution < 1.29 is 4.79 Å². The molecule has 3 rings (SSSR count). The Labute approximate surface area is 136 Å². The second-order valence-electron chi connectivity index (χ2n) is 5.92. The molecule has 1 amide bonds. The van der Waals surface area contributed by atoms with Crippen LogP contribution < -0.4 is 5.43 Å². The average molecular weight is 308 g/mol. The molecule has 118 valence electrons. The van der Waals surface area contributed by atoms with Crippen LogP contribution in [0.1, 0.15) is 27.8 Å². The van der Waals surface area contributed by atoms with Crippen LogP contribution in [0.15, 0.2) is 41.8 Å². The Bertz CT molecular complexity index is 709. The highest BCUT2D eigenvalue weighted by Crippen LogP contribution is 2.25. The zero-order valence-electron chi connectivity index (χ0n) is 13.4. The Hall–Kier alpha value is -2.53. The van der Waals surface area contributed by atoms with Crippen molar-refractivity contribution in [2.24, 2.45) is 5.10 Å². The second kappa shape index (κ2) is 6.71. The molecule has 2 heterocycles. The minimum absolute atomic E-state index is 0.100. The van der Waals surface area contributed by atoms with E-state index in [0.717, 1.165) is 18.7 Å². The molecule has 1 N–H and O–H groups in total. The van der Waals surface area contributed by atoms with Crippen LogP contribution >= 0.6 is 0 Å². The van der Waals surface area contributed by atoms with E-state index in [1.165, 1.54) is 22.3 Å². The van der Waals surface area contributed by atoms with E-state index in [2.05, 4.69) is 46.4 Å². The first-order valence-corrected chi connectivity index (χ1v) is 7.65. The van der Waals surface area contributed by atoms with Crippen LogP contribution in [0, 0.1) is 13.8 Å². The molecule has 5 nitrogen and oxygen atoms in total. The lowest BCUT2D eigenvalue weighted by Gasteiger charge is -2.12. The maximum absolute atomic E-state index is 12.0. The zero-order valence-corrected chi connectivity index (χ0v) is 13.4. The molecule has 0 spiro atoms. The van der Waals surface area contributed by atoms with Gasteiger partial charge < -0.3 is 0 Å². The van der Waals surface area contributed by atoms with E-state index < -0.39 is 0 Å². The number of benzene rings is 1. The van der Waals surface area contributed by atoms with Crippen molar-refractivity contribution in [1.82, 2.24) is 15.3 Å². The highest BCUT2D eigenvalue weighted by atomic mass is 16.2. The fraction of sp³-hybridized carbons (Fsp3) is 0.278. The molecule has 5 heteroatoms. The monoisotopic (exact) mass is 308 g/mol. The number of aromatic nitrogens is 1. The van der Waals surface area contributed by atoms with Crippen LogP contribution in [0.25, 0.3) is 0 Å². The Balaban J connectivity index is 1.53. The number of nitrogens with one attached hydrogen (secondary N) is 1. The van der Waals surface area contributed by atoms with Crippen molar-refractivity contribution >= 4 is 12.1 Å². The maximum atomic E-state index is 12.0. The summed E-state index contributed by atoms with van der Waals surface area (Å²) in [4.78, 5) is 18.1. The molecule has 0 saturated heterocycles. The molecule has 0 saturated carbocycles. The highest BCUT2D eigenvalue weighted by molar-refractivity contribution is 5.82. The summed E-state index contributed by atoms with van der Waals surface area (Å²) >= 11 is 0. The number of carbonyl (C=O) groups is 1. The molecule has 0 radical (unpaired) electrons. The van der Waals surface area contributed by atoms with Crippen LogP contribution in [0.2, 0.25) is 0 Å². The number of aryl methyl sites for hydroxylation is 2. The average Bonchev–Trinajstić information content (AvgIpc) is 2.90. The molecule has 0 aliphatic carbocycles. The zero-order chi connectivity index (χ0) is 16.2. The van der Waals surface area contributed by atoms with Gasteiger partial charge in [-0.25, -0.2) is 5.43 Å². The molecule has 1 aromatic carbocycles. The third-order valence-corrected chi connectivity index (χ3v) is 4.08. The molecule has 0 bridgehead atoms. The van der Waals surface area contributed by atoms with E-state index in [4.69, 9.17) is 0 Å². The van der Waals surface area contributed by atoms with Gasteiger partial charge in [-0.05, 0) is 53.8 Å². The van der Waals surface area contributed by atoms with Gasteiger partial charge >= 0.3 is 0 Å².